The second-order valence-electron chi connectivity index (χ2n) is 10.3. The van der Waals surface area contributed by atoms with Crippen LogP contribution in [0.2, 0.25) is 0 Å². The van der Waals surface area contributed by atoms with Gasteiger partial charge in [0.25, 0.3) is 11.7 Å². The molecule has 2 atom stereocenters. The maximum atomic E-state index is 16.3. The lowest BCUT2D eigenvalue weighted by molar-refractivity contribution is -0.464. The fraction of sp³-hybridized carbons (Fsp3) is 1.00. The van der Waals surface area contributed by atoms with E-state index in [1.54, 1.807) is 0 Å². The van der Waals surface area contributed by atoms with Crippen LogP contribution in [0.5, 0.6) is 0 Å². The molecule has 0 amide bonds. The van der Waals surface area contributed by atoms with Crippen molar-refractivity contribution in [2.45, 2.75) is 103 Å². The van der Waals surface area contributed by atoms with Gasteiger partial charge in [-0.05, 0) is 13.8 Å². The summed E-state index contributed by atoms with van der Waals surface area (Å²) in [6.07, 6.45) is -13.3. The van der Waals surface area contributed by atoms with Crippen LogP contribution in [-0.2, 0) is 9.47 Å². The standard InChI is InChI=1S/C19H27F12NO2/c1-9(2)13(20)16(25,34-17(33-13,18(26,27)28)19(29,30)31)11(5,6)10(3,4)14(21,22)15(23,24)12(7,8)32/h9H,32H2,1-8H3. The second-order valence-corrected chi connectivity index (χ2v) is 10.3. The van der Waals surface area contributed by atoms with Crippen molar-refractivity contribution >= 4 is 0 Å². The predicted octanol–water partition coefficient (Wildman–Crippen LogP) is 6.90. The molecule has 15 heteroatoms. The molecule has 0 saturated carbocycles. The normalized spacial score (nSPS) is 28.1. The van der Waals surface area contributed by atoms with E-state index < -0.39 is 64.0 Å². The van der Waals surface area contributed by atoms with Crippen molar-refractivity contribution in [2.75, 3.05) is 0 Å². The van der Waals surface area contributed by atoms with Gasteiger partial charge in [0.05, 0.1) is 5.54 Å². The van der Waals surface area contributed by atoms with Crippen LogP contribution in [0.15, 0.2) is 0 Å². The minimum Gasteiger partial charge on any atom is -0.320 e. The summed E-state index contributed by atoms with van der Waals surface area (Å²) in [6, 6.07) is 0. The molecule has 0 aromatic heterocycles. The first-order valence-electron chi connectivity index (χ1n) is 9.82. The van der Waals surface area contributed by atoms with Crippen molar-refractivity contribution in [3.8, 4) is 0 Å². The van der Waals surface area contributed by atoms with Gasteiger partial charge in [0, 0.05) is 16.7 Å². The topological polar surface area (TPSA) is 44.5 Å². The molecule has 1 heterocycles. The smallest absolute Gasteiger partial charge is 0.320 e. The van der Waals surface area contributed by atoms with Gasteiger partial charge in [-0.15, -0.1) is 0 Å². The van der Waals surface area contributed by atoms with Gasteiger partial charge in [0.2, 0.25) is 0 Å². The van der Waals surface area contributed by atoms with Crippen molar-refractivity contribution in [2.24, 2.45) is 22.5 Å². The van der Waals surface area contributed by atoms with Crippen molar-refractivity contribution in [3.63, 3.8) is 0 Å². The van der Waals surface area contributed by atoms with Gasteiger partial charge >= 0.3 is 30.0 Å². The van der Waals surface area contributed by atoms with Gasteiger partial charge in [0.1, 0.15) is 0 Å². The highest BCUT2D eigenvalue weighted by molar-refractivity contribution is 5.18. The maximum absolute atomic E-state index is 16.3. The van der Waals surface area contributed by atoms with Crippen LogP contribution in [0, 0.1) is 16.7 Å². The van der Waals surface area contributed by atoms with Crippen LogP contribution in [0.1, 0.15) is 55.4 Å². The number of ether oxygens (including phenoxy) is 2. The molecular weight excluding hydrogens is 502 g/mol. The number of hydrogen-bond acceptors (Lipinski definition) is 3. The van der Waals surface area contributed by atoms with E-state index in [4.69, 9.17) is 5.73 Å². The number of alkyl halides is 12. The molecule has 0 radical (unpaired) electrons. The van der Waals surface area contributed by atoms with E-state index in [9.17, 15) is 35.1 Å². The first-order chi connectivity index (χ1) is 14.4. The Balaban J connectivity index is 4.02. The molecular formula is C19H27F12NO2. The van der Waals surface area contributed by atoms with Crippen LogP contribution < -0.4 is 5.73 Å². The fourth-order valence-corrected chi connectivity index (χ4v) is 3.59. The average Bonchev–Trinajstić information content (AvgIpc) is 2.84. The summed E-state index contributed by atoms with van der Waals surface area (Å²) in [6.45, 7) is 3.05. The molecule has 0 aromatic carbocycles. The predicted molar refractivity (Wildman–Crippen MR) is 95.2 cm³/mol. The Kier molecular flexibility index (Phi) is 6.88. The highest BCUT2D eigenvalue weighted by Crippen LogP contribution is 2.70. The van der Waals surface area contributed by atoms with Crippen molar-refractivity contribution in [3.05, 3.63) is 0 Å². The Morgan fingerprint density at radius 3 is 1.26 bits per heavy atom. The molecule has 34 heavy (non-hydrogen) atoms. The summed E-state index contributed by atoms with van der Waals surface area (Å²) in [5, 5.41) is 0. The van der Waals surface area contributed by atoms with Crippen LogP contribution >= 0.6 is 0 Å². The van der Waals surface area contributed by atoms with Gasteiger partial charge in [-0.3, -0.25) is 9.47 Å². The lowest BCUT2D eigenvalue weighted by atomic mass is 9.56. The van der Waals surface area contributed by atoms with E-state index in [-0.39, 0.29) is 27.7 Å². The van der Waals surface area contributed by atoms with Crippen molar-refractivity contribution < 1.29 is 62.2 Å². The van der Waals surface area contributed by atoms with Gasteiger partial charge in [-0.2, -0.15) is 43.9 Å². The Morgan fingerprint density at radius 2 is 1.00 bits per heavy atom. The van der Waals surface area contributed by atoms with Gasteiger partial charge in [0.15, 0.2) is 0 Å². The summed E-state index contributed by atoms with van der Waals surface area (Å²) in [5.41, 5.74) is -5.02. The maximum Gasteiger partial charge on any atom is 0.453 e. The van der Waals surface area contributed by atoms with Crippen molar-refractivity contribution in [1.29, 1.82) is 0 Å². The molecule has 1 saturated heterocycles. The first-order valence-corrected chi connectivity index (χ1v) is 9.82. The molecule has 1 rings (SSSR count). The molecule has 204 valence electrons. The quantitative estimate of drug-likeness (QED) is 0.381. The first kappa shape index (κ1) is 31.1. The Labute approximate surface area is 188 Å². The van der Waals surface area contributed by atoms with E-state index in [1.807, 2.05) is 0 Å². The highest BCUT2D eigenvalue weighted by Gasteiger charge is 2.91. The molecule has 0 aromatic rings. The molecule has 3 nitrogen and oxygen atoms in total. The highest BCUT2D eigenvalue weighted by atomic mass is 19.4. The summed E-state index contributed by atoms with van der Waals surface area (Å²) < 4.78 is 181. The monoisotopic (exact) mass is 529 g/mol. The SMILES string of the molecule is CC(C)C1(F)OC(C(F)(F)F)(C(F)(F)F)OC1(F)C(C)(C)C(C)(C)C(F)(F)C(F)(F)C(C)(C)N. The molecule has 0 bridgehead atoms. The Bertz CT molecular complexity index is 768. The number of halogens is 12. The number of rotatable bonds is 6. The summed E-state index contributed by atoms with van der Waals surface area (Å²) >= 11 is 0. The summed E-state index contributed by atoms with van der Waals surface area (Å²) in [7, 11) is 0. The zero-order valence-electron chi connectivity index (χ0n) is 19.5. The van der Waals surface area contributed by atoms with Crippen LogP contribution in [-0.4, -0.2) is 47.2 Å². The third kappa shape index (κ3) is 3.53. The molecule has 2 N–H and O–H groups in total. The summed E-state index contributed by atoms with van der Waals surface area (Å²) in [5.74, 6) is -28.4. The zero-order chi connectivity index (χ0) is 28.0. The fourth-order valence-electron chi connectivity index (χ4n) is 3.59. The van der Waals surface area contributed by atoms with Gasteiger partial charge < -0.3 is 5.73 Å². The van der Waals surface area contributed by atoms with E-state index >= 15 is 17.6 Å². The van der Waals surface area contributed by atoms with Crippen molar-refractivity contribution in [1.82, 2.24) is 0 Å². The second kappa shape index (κ2) is 7.53. The van der Waals surface area contributed by atoms with Gasteiger partial charge in [-0.25, -0.2) is 8.78 Å². The van der Waals surface area contributed by atoms with E-state index in [2.05, 4.69) is 9.47 Å². The zero-order valence-corrected chi connectivity index (χ0v) is 19.5. The summed E-state index contributed by atoms with van der Waals surface area (Å²) in [4.78, 5) is 0. The Hall–Kier alpha value is -0.960. The van der Waals surface area contributed by atoms with Gasteiger partial charge in [-0.1, -0.05) is 41.5 Å². The number of hydrogen-bond donors (Lipinski definition) is 1. The number of nitrogens with two attached hydrogens (primary N) is 1. The Morgan fingerprint density at radius 1 is 0.647 bits per heavy atom. The van der Waals surface area contributed by atoms with E-state index in [0.29, 0.717) is 27.7 Å². The third-order valence-electron chi connectivity index (χ3n) is 6.86. The van der Waals surface area contributed by atoms with Crippen LogP contribution in [0.25, 0.3) is 0 Å². The molecule has 0 aliphatic carbocycles. The molecule has 2 unspecified atom stereocenters. The minimum absolute atomic E-state index is 0.221. The van der Waals surface area contributed by atoms with E-state index in [0.717, 1.165) is 0 Å². The lowest BCUT2D eigenvalue weighted by Gasteiger charge is -2.55. The molecule has 1 aliphatic heterocycles. The van der Waals surface area contributed by atoms with Crippen LogP contribution in [0.3, 0.4) is 0 Å². The molecule has 1 aliphatic rings. The average molecular weight is 529 g/mol. The molecule has 1 fully saturated rings. The molecule has 0 spiro atoms. The minimum atomic E-state index is -6.66. The van der Waals surface area contributed by atoms with Crippen LogP contribution in [0.4, 0.5) is 52.7 Å². The lowest BCUT2D eigenvalue weighted by Crippen LogP contribution is -2.72. The largest absolute Gasteiger partial charge is 0.453 e. The third-order valence-corrected chi connectivity index (χ3v) is 6.86. The van der Waals surface area contributed by atoms with E-state index in [1.165, 1.54) is 0 Å².